The summed E-state index contributed by atoms with van der Waals surface area (Å²) < 4.78 is 5.24. The number of alkyl carbamates (subject to hydrolysis) is 1. The third-order valence-electron chi connectivity index (χ3n) is 4.19. The first kappa shape index (κ1) is 24.4. The molecule has 2 atom stereocenters. The minimum absolute atomic E-state index is 0.0440. The summed E-state index contributed by atoms with van der Waals surface area (Å²) in [5, 5.41) is 16.8. The van der Waals surface area contributed by atoms with Crippen LogP contribution in [0.1, 0.15) is 45.6 Å². The van der Waals surface area contributed by atoms with Crippen molar-refractivity contribution in [1.29, 1.82) is 0 Å². The Morgan fingerprint density at radius 1 is 1.10 bits per heavy atom. The molecule has 0 heterocycles. The van der Waals surface area contributed by atoms with Gasteiger partial charge in [-0.1, -0.05) is 51.1 Å². The molecule has 0 bridgehead atoms. The minimum atomic E-state index is -0.682. The van der Waals surface area contributed by atoms with E-state index in [1.165, 1.54) is 0 Å². The molecule has 4 N–H and O–H groups in total. The maximum atomic E-state index is 12.4. The van der Waals surface area contributed by atoms with E-state index >= 15 is 0 Å². The van der Waals surface area contributed by atoms with Crippen molar-refractivity contribution in [3.63, 3.8) is 0 Å². The lowest BCUT2D eigenvalue weighted by atomic mass is 10.0. The highest BCUT2D eigenvalue weighted by atomic mass is 16.5. The number of amides is 3. The number of carbonyl (C=O) groups is 3. The van der Waals surface area contributed by atoms with E-state index in [0.29, 0.717) is 12.8 Å². The van der Waals surface area contributed by atoms with E-state index in [4.69, 9.17) is 9.84 Å². The molecule has 0 spiro atoms. The van der Waals surface area contributed by atoms with E-state index in [0.717, 1.165) is 5.56 Å². The highest BCUT2D eigenvalue weighted by Gasteiger charge is 2.23. The Labute approximate surface area is 172 Å². The topological polar surface area (TPSA) is 117 Å². The Bertz CT molecular complexity index is 636. The molecule has 2 unspecified atom stereocenters. The van der Waals surface area contributed by atoms with Crippen LogP contribution in [-0.2, 0) is 20.9 Å². The maximum Gasteiger partial charge on any atom is 0.407 e. The molecule has 0 aliphatic rings. The molecule has 0 aliphatic carbocycles. The Balaban J connectivity index is 2.56. The summed E-state index contributed by atoms with van der Waals surface area (Å²) in [6.07, 6.45) is 0.480. The molecule has 0 radical (unpaired) electrons. The number of ether oxygens (including phenoxy) is 1. The predicted molar refractivity (Wildman–Crippen MR) is 110 cm³/mol. The van der Waals surface area contributed by atoms with Crippen molar-refractivity contribution in [3.8, 4) is 0 Å². The van der Waals surface area contributed by atoms with Gasteiger partial charge in [-0.3, -0.25) is 9.59 Å². The van der Waals surface area contributed by atoms with Gasteiger partial charge in [0.15, 0.2) is 0 Å². The highest BCUT2D eigenvalue weighted by molar-refractivity contribution is 5.87. The molecule has 162 valence electrons. The van der Waals surface area contributed by atoms with Crippen molar-refractivity contribution in [2.75, 3.05) is 13.2 Å². The van der Waals surface area contributed by atoms with E-state index in [-0.39, 0.29) is 43.9 Å². The molecular formula is C21H33N3O5. The fourth-order valence-corrected chi connectivity index (χ4v) is 2.83. The van der Waals surface area contributed by atoms with Gasteiger partial charge in [-0.15, -0.1) is 0 Å². The van der Waals surface area contributed by atoms with E-state index in [9.17, 15) is 14.4 Å². The molecular weight excluding hydrogens is 374 g/mol. The van der Waals surface area contributed by atoms with Crippen LogP contribution < -0.4 is 16.0 Å². The first-order valence-electron chi connectivity index (χ1n) is 10.0. The zero-order valence-electron chi connectivity index (χ0n) is 17.4. The van der Waals surface area contributed by atoms with Crippen LogP contribution in [0.4, 0.5) is 4.79 Å². The zero-order valence-corrected chi connectivity index (χ0v) is 17.4. The molecule has 1 rings (SSSR count). The fraction of sp³-hybridized carbons (Fsp3) is 0.571. The minimum Gasteiger partial charge on any atom is -0.445 e. The van der Waals surface area contributed by atoms with Crippen LogP contribution in [0.3, 0.4) is 0 Å². The number of aliphatic hydroxyl groups is 1. The van der Waals surface area contributed by atoms with Gasteiger partial charge in [-0.25, -0.2) is 4.79 Å². The van der Waals surface area contributed by atoms with E-state index in [1.54, 1.807) is 6.92 Å². The second kappa shape index (κ2) is 13.5. The number of aliphatic hydroxyl groups excluding tert-OH is 1. The second-order valence-electron chi connectivity index (χ2n) is 7.28. The van der Waals surface area contributed by atoms with E-state index < -0.39 is 18.2 Å². The number of hydrogen-bond donors (Lipinski definition) is 4. The Morgan fingerprint density at radius 3 is 2.38 bits per heavy atom. The van der Waals surface area contributed by atoms with Crippen LogP contribution in [0.25, 0.3) is 0 Å². The third-order valence-corrected chi connectivity index (χ3v) is 4.19. The number of benzene rings is 1. The summed E-state index contributed by atoms with van der Waals surface area (Å²) in [5.74, 6) is -0.410. The third kappa shape index (κ3) is 10.5. The van der Waals surface area contributed by atoms with Crippen molar-refractivity contribution in [3.05, 3.63) is 35.9 Å². The van der Waals surface area contributed by atoms with Crippen LogP contribution in [-0.4, -0.2) is 48.2 Å². The molecule has 29 heavy (non-hydrogen) atoms. The molecule has 8 nitrogen and oxygen atoms in total. The average Bonchev–Trinajstić information content (AvgIpc) is 2.68. The summed E-state index contributed by atoms with van der Waals surface area (Å²) in [6.45, 7) is 5.90. The molecule has 1 aromatic carbocycles. The zero-order chi connectivity index (χ0) is 21.6. The van der Waals surface area contributed by atoms with Crippen molar-refractivity contribution >= 4 is 17.9 Å². The molecule has 0 aromatic heterocycles. The van der Waals surface area contributed by atoms with Gasteiger partial charge in [0.2, 0.25) is 11.8 Å². The first-order valence-corrected chi connectivity index (χ1v) is 10.0. The van der Waals surface area contributed by atoms with E-state index in [2.05, 4.69) is 16.0 Å². The van der Waals surface area contributed by atoms with Gasteiger partial charge < -0.3 is 25.8 Å². The highest BCUT2D eigenvalue weighted by Crippen LogP contribution is 2.10. The standard InChI is InChI=1S/C21H33N3O5/c1-4-18(20(27)22-10-11-25)24-19(26)13-17(12-15(2)3)23-21(28)29-14-16-8-6-5-7-9-16/h5-9,15,17-18,25H,4,10-14H2,1-3H3,(H,22,27)(H,23,28)(H,24,26). The lowest BCUT2D eigenvalue weighted by Crippen LogP contribution is -2.48. The molecule has 1 aromatic rings. The SMILES string of the molecule is CCC(NC(=O)CC(CC(C)C)NC(=O)OCc1ccccc1)C(=O)NCCO. The first-order chi connectivity index (χ1) is 13.8. The largest absolute Gasteiger partial charge is 0.445 e. The van der Waals surface area contributed by atoms with Gasteiger partial charge in [-0.05, 0) is 24.3 Å². The lowest BCUT2D eigenvalue weighted by Gasteiger charge is -2.22. The smallest absolute Gasteiger partial charge is 0.407 e. The summed E-state index contributed by atoms with van der Waals surface area (Å²) in [5.41, 5.74) is 0.875. The fourth-order valence-electron chi connectivity index (χ4n) is 2.83. The van der Waals surface area contributed by atoms with E-state index in [1.807, 2.05) is 44.2 Å². The Kier molecular flexibility index (Phi) is 11.4. The average molecular weight is 408 g/mol. The summed E-state index contributed by atoms with van der Waals surface area (Å²) in [4.78, 5) is 36.6. The number of hydrogen-bond acceptors (Lipinski definition) is 5. The van der Waals surface area contributed by atoms with Crippen molar-refractivity contribution < 1.29 is 24.2 Å². The normalized spacial score (nSPS) is 12.7. The van der Waals surface area contributed by atoms with Crippen molar-refractivity contribution in [2.45, 2.75) is 58.7 Å². The lowest BCUT2D eigenvalue weighted by molar-refractivity contribution is -0.129. The Morgan fingerprint density at radius 2 is 1.79 bits per heavy atom. The van der Waals surface area contributed by atoms with Crippen LogP contribution in [0.5, 0.6) is 0 Å². The maximum absolute atomic E-state index is 12.4. The van der Waals surface area contributed by atoms with Crippen molar-refractivity contribution in [1.82, 2.24) is 16.0 Å². The van der Waals surface area contributed by atoms with Crippen LogP contribution >= 0.6 is 0 Å². The van der Waals surface area contributed by atoms with Gasteiger partial charge in [0.25, 0.3) is 0 Å². The van der Waals surface area contributed by atoms with Crippen LogP contribution in [0.2, 0.25) is 0 Å². The van der Waals surface area contributed by atoms with Gasteiger partial charge in [0, 0.05) is 19.0 Å². The predicted octanol–water partition coefficient (Wildman–Crippen LogP) is 1.72. The molecule has 0 aliphatic heterocycles. The molecule has 3 amide bonds. The quantitative estimate of drug-likeness (QED) is 0.421. The van der Waals surface area contributed by atoms with Gasteiger partial charge >= 0.3 is 6.09 Å². The summed E-state index contributed by atoms with van der Waals surface area (Å²) >= 11 is 0. The number of nitrogens with one attached hydrogen (secondary N) is 3. The van der Waals surface area contributed by atoms with Gasteiger partial charge in [0.1, 0.15) is 12.6 Å². The molecule has 0 saturated carbocycles. The number of carbonyl (C=O) groups excluding carboxylic acids is 3. The Hall–Kier alpha value is -2.61. The van der Waals surface area contributed by atoms with Crippen molar-refractivity contribution in [2.24, 2.45) is 5.92 Å². The molecule has 0 saturated heterocycles. The molecule has 8 heteroatoms. The van der Waals surface area contributed by atoms with Gasteiger partial charge in [0.05, 0.1) is 6.61 Å². The summed E-state index contributed by atoms with van der Waals surface area (Å²) in [6, 6.07) is 8.24. The number of rotatable bonds is 12. The van der Waals surface area contributed by atoms with Crippen LogP contribution in [0.15, 0.2) is 30.3 Å². The van der Waals surface area contributed by atoms with Crippen LogP contribution in [0, 0.1) is 5.92 Å². The molecule has 0 fully saturated rings. The monoisotopic (exact) mass is 407 g/mol. The second-order valence-corrected chi connectivity index (χ2v) is 7.28. The van der Waals surface area contributed by atoms with Gasteiger partial charge in [-0.2, -0.15) is 0 Å². The summed E-state index contributed by atoms with van der Waals surface area (Å²) in [7, 11) is 0.